The number of aryl methyl sites for hydroxylation is 2. The van der Waals surface area contributed by atoms with E-state index in [1.807, 2.05) is 18.5 Å². The molecule has 7 heteroatoms. The van der Waals surface area contributed by atoms with Gasteiger partial charge in [0.05, 0.1) is 18.9 Å². The summed E-state index contributed by atoms with van der Waals surface area (Å²) in [6, 6.07) is 0. The maximum atomic E-state index is 12.8. The molecule has 3 heterocycles. The number of carbonyl (C=O) groups is 1. The summed E-state index contributed by atoms with van der Waals surface area (Å²) < 4.78 is 9.61. The molecule has 4 rings (SSSR count). The summed E-state index contributed by atoms with van der Waals surface area (Å²) in [6.45, 7) is 9.52. The van der Waals surface area contributed by atoms with E-state index in [1.54, 1.807) is 0 Å². The minimum absolute atomic E-state index is 0.121. The first-order valence-electron chi connectivity index (χ1n) is 9.55. The van der Waals surface area contributed by atoms with Crippen molar-refractivity contribution in [3.8, 4) is 0 Å². The van der Waals surface area contributed by atoms with Crippen LogP contribution < -0.4 is 5.32 Å². The number of hydrogen-bond donors (Lipinski definition) is 1. The Balaban J connectivity index is 1.53. The first kappa shape index (κ1) is 17.3. The summed E-state index contributed by atoms with van der Waals surface area (Å²) in [5.74, 6) is 0.604. The second kappa shape index (κ2) is 6.87. The van der Waals surface area contributed by atoms with Crippen molar-refractivity contribution in [1.29, 1.82) is 0 Å². The van der Waals surface area contributed by atoms with Crippen LogP contribution in [-0.4, -0.2) is 32.1 Å². The minimum Gasteiger partial charge on any atom is -0.376 e. The Hall–Kier alpha value is -2.15. The molecule has 0 aromatic carbocycles. The standard InChI is InChI=1S/C19H27N5O2/c1-4-23-13(3)15(12(2)21-23)9-20-19(25)18-16-11-26-8-7-17(16)24(22-18)10-14-5-6-14/h14H,4-11H2,1-3H3,(H,20,25). The fourth-order valence-corrected chi connectivity index (χ4v) is 3.74. The number of aromatic nitrogens is 4. The highest BCUT2D eigenvalue weighted by Crippen LogP contribution is 2.32. The van der Waals surface area contributed by atoms with Gasteiger partial charge in [-0.1, -0.05) is 0 Å². The fourth-order valence-electron chi connectivity index (χ4n) is 3.74. The van der Waals surface area contributed by atoms with Crippen LogP contribution in [0.3, 0.4) is 0 Å². The van der Waals surface area contributed by atoms with Crippen molar-refractivity contribution in [2.75, 3.05) is 6.61 Å². The van der Waals surface area contributed by atoms with Crippen molar-refractivity contribution in [2.45, 2.75) is 66.3 Å². The van der Waals surface area contributed by atoms with Crippen LogP contribution in [0, 0.1) is 19.8 Å². The molecule has 1 N–H and O–H groups in total. The van der Waals surface area contributed by atoms with Crippen LogP contribution in [0.1, 0.15) is 58.5 Å². The van der Waals surface area contributed by atoms with Crippen molar-refractivity contribution in [3.63, 3.8) is 0 Å². The fraction of sp³-hybridized carbons (Fsp3) is 0.632. The van der Waals surface area contributed by atoms with Crippen LogP contribution >= 0.6 is 0 Å². The Morgan fingerprint density at radius 2 is 2.08 bits per heavy atom. The number of amides is 1. The largest absolute Gasteiger partial charge is 0.376 e. The van der Waals surface area contributed by atoms with E-state index in [4.69, 9.17) is 4.74 Å². The van der Waals surface area contributed by atoms with Crippen molar-refractivity contribution in [2.24, 2.45) is 5.92 Å². The van der Waals surface area contributed by atoms with Crippen molar-refractivity contribution >= 4 is 5.91 Å². The van der Waals surface area contributed by atoms with Crippen LogP contribution in [0.5, 0.6) is 0 Å². The average Bonchev–Trinajstić information content (AvgIpc) is 3.32. The second-order valence-corrected chi connectivity index (χ2v) is 7.35. The zero-order chi connectivity index (χ0) is 18.3. The Morgan fingerprint density at radius 1 is 1.27 bits per heavy atom. The third-order valence-electron chi connectivity index (χ3n) is 5.50. The lowest BCUT2D eigenvalue weighted by Gasteiger charge is -2.15. The molecule has 0 radical (unpaired) electrons. The number of rotatable bonds is 6. The van der Waals surface area contributed by atoms with E-state index in [-0.39, 0.29) is 5.91 Å². The molecule has 1 aliphatic carbocycles. The van der Waals surface area contributed by atoms with Crippen LogP contribution in [0.2, 0.25) is 0 Å². The van der Waals surface area contributed by atoms with Crippen molar-refractivity contribution in [1.82, 2.24) is 24.9 Å². The lowest BCUT2D eigenvalue weighted by Crippen LogP contribution is -2.25. The van der Waals surface area contributed by atoms with Gasteiger partial charge in [-0.05, 0) is 39.5 Å². The number of carbonyl (C=O) groups excluding carboxylic acids is 1. The van der Waals surface area contributed by atoms with E-state index in [2.05, 4.69) is 27.1 Å². The maximum Gasteiger partial charge on any atom is 0.272 e. The van der Waals surface area contributed by atoms with Gasteiger partial charge in [-0.2, -0.15) is 10.2 Å². The molecule has 1 aliphatic heterocycles. The van der Waals surface area contributed by atoms with E-state index in [9.17, 15) is 4.79 Å². The van der Waals surface area contributed by atoms with Crippen LogP contribution in [0.25, 0.3) is 0 Å². The van der Waals surface area contributed by atoms with E-state index in [0.717, 1.165) is 47.9 Å². The molecular weight excluding hydrogens is 330 g/mol. The zero-order valence-corrected chi connectivity index (χ0v) is 15.8. The van der Waals surface area contributed by atoms with Crippen molar-refractivity contribution in [3.05, 3.63) is 33.9 Å². The Labute approximate surface area is 153 Å². The number of hydrogen-bond acceptors (Lipinski definition) is 4. The van der Waals surface area contributed by atoms with Gasteiger partial charge in [0.1, 0.15) is 0 Å². The predicted octanol–water partition coefficient (Wildman–Crippen LogP) is 2.13. The molecule has 1 saturated carbocycles. The number of ether oxygens (including phenoxy) is 1. The highest BCUT2D eigenvalue weighted by molar-refractivity contribution is 5.94. The molecular formula is C19H27N5O2. The van der Waals surface area contributed by atoms with E-state index in [1.165, 1.54) is 18.5 Å². The van der Waals surface area contributed by atoms with Crippen LogP contribution in [0.15, 0.2) is 0 Å². The van der Waals surface area contributed by atoms with Gasteiger partial charge >= 0.3 is 0 Å². The normalized spacial score (nSPS) is 16.6. The third-order valence-corrected chi connectivity index (χ3v) is 5.50. The molecule has 140 valence electrons. The van der Waals surface area contributed by atoms with Gasteiger partial charge in [0.15, 0.2) is 5.69 Å². The van der Waals surface area contributed by atoms with Gasteiger partial charge in [-0.3, -0.25) is 14.2 Å². The molecule has 0 spiro atoms. The van der Waals surface area contributed by atoms with Gasteiger partial charge in [-0.15, -0.1) is 0 Å². The summed E-state index contributed by atoms with van der Waals surface area (Å²) in [5.41, 5.74) is 5.83. The van der Waals surface area contributed by atoms with E-state index < -0.39 is 0 Å². The van der Waals surface area contributed by atoms with Gasteiger partial charge in [0.25, 0.3) is 5.91 Å². The highest BCUT2D eigenvalue weighted by atomic mass is 16.5. The number of fused-ring (bicyclic) bond motifs is 1. The molecule has 0 unspecified atom stereocenters. The van der Waals surface area contributed by atoms with Crippen LogP contribution in [-0.2, 0) is 37.4 Å². The Morgan fingerprint density at radius 3 is 2.77 bits per heavy atom. The molecule has 7 nitrogen and oxygen atoms in total. The highest BCUT2D eigenvalue weighted by Gasteiger charge is 2.29. The third kappa shape index (κ3) is 3.16. The topological polar surface area (TPSA) is 74.0 Å². The summed E-state index contributed by atoms with van der Waals surface area (Å²) in [6.07, 6.45) is 3.38. The van der Waals surface area contributed by atoms with Crippen LogP contribution in [0.4, 0.5) is 0 Å². The number of nitrogens with one attached hydrogen (secondary N) is 1. The quantitative estimate of drug-likeness (QED) is 0.859. The summed E-state index contributed by atoms with van der Waals surface area (Å²) in [4.78, 5) is 12.8. The molecule has 2 aliphatic rings. The summed E-state index contributed by atoms with van der Waals surface area (Å²) in [7, 11) is 0. The molecule has 1 amide bonds. The number of nitrogens with zero attached hydrogens (tertiary/aromatic N) is 4. The molecule has 2 aromatic heterocycles. The molecule has 26 heavy (non-hydrogen) atoms. The van der Waals surface area contributed by atoms with Gasteiger partial charge in [-0.25, -0.2) is 0 Å². The average molecular weight is 357 g/mol. The smallest absolute Gasteiger partial charge is 0.272 e. The van der Waals surface area contributed by atoms with E-state index >= 15 is 0 Å². The first-order valence-corrected chi connectivity index (χ1v) is 9.55. The maximum absolute atomic E-state index is 12.8. The molecule has 0 atom stereocenters. The van der Waals surface area contributed by atoms with Gasteiger partial charge < -0.3 is 10.1 Å². The van der Waals surface area contributed by atoms with E-state index in [0.29, 0.717) is 25.5 Å². The molecule has 0 bridgehead atoms. The second-order valence-electron chi connectivity index (χ2n) is 7.35. The van der Waals surface area contributed by atoms with Crippen molar-refractivity contribution < 1.29 is 9.53 Å². The monoisotopic (exact) mass is 357 g/mol. The molecule has 1 fully saturated rings. The molecule has 0 saturated heterocycles. The van der Waals surface area contributed by atoms with Gasteiger partial charge in [0.2, 0.25) is 0 Å². The first-order chi connectivity index (χ1) is 12.6. The summed E-state index contributed by atoms with van der Waals surface area (Å²) in [5, 5.41) is 12.2. The minimum atomic E-state index is -0.121. The lowest BCUT2D eigenvalue weighted by molar-refractivity contribution is 0.0922. The predicted molar refractivity (Wildman–Crippen MR) is 96.9 cm³/mol. The summed E-state index contributed by atoms with van der Waals surface area (Å²) >= 11 is 0. The molecule has 2 aromatic rings. The lowest BCUT2D eigenvalue weighted by atomic mass is 10.1. The Bertz CT molecular complexity index is 832. The SMILES string of the molecule is CCn1nc(C)c(CNC(=O)c2nn(CC3CC3)c3c2COCC3)c1C. The zero-order valence-electron chi connectivity index (χ0n) is 15.8. The Kier molecular flexibility index (Phi) is 4.56. The van der Waals surface area contributed by atoms with Gasteiger partial charge in [0, 0.05) is 48.6 Å².